The molecule has 0 spiro atoms. The molecule has 0 aromatic heterocycles. The first-order valence-electron chi connectivity index (χ1n) is 4.58. The first-order chi connectivity index (χ1) is 7.02. The topological polar surface area (TPSA) is 66.4 Å². The maximum absolute atomic E-state index is 11.0. The first kappa shape index (κ1) is 11.2. The summed E-state index contributed by atoms with van der Waals surface area (Å²) in [5, 5.41) is 11.4. The third kappa shape index (κ3) is 2.80. The highest BCUT2D eigenvalue weighted by Crippen LogP contribution is 2.17. The van der Waals surface area contributed by atoms with E-state index >= 15 is 0 Å². The number of nitrogens with one attached hydrogen (secondary N) is 1. The van der Waals surface area contributed by atoms with Gasteiger partial charge >= 0.3 is 5.97 Å². The summed E-state index contributed by atoms with van der Waals surface area (Å²) >= 11 is 0. The standard InChI is InChI=1S/C11H13NO3/c1-7-5-3-4-6-9(7)10(11(14)15)12-8(2)13/h3-6,10H,1-2H3,(H,12,13)(H,14,15). The first-order valence-corrected chi connectivity index (χ1v) is 4.58. The highest BCUT2D eigenvalue weighted by molar-refractivity contribution is 5.83. The molecule has 1 amide bonds. The Morgan fingerprint density at radius 3 is 2.40 bits per heavy atom. The van der Waals surface area contributed by atoms with Gasteiger partial charge in [-0.15, -0.1) is 0 Å². The summed E-state index contributed by atoms with van der Waals surface area (Å²) in [4.78, 5) is 21.8. The van der Waals surface area contributed by atoms with Crippen molar-refractivity contribution < 1.29 is 14.7 Å². The van der Waals surface area contributed by atoms with Crippen molar-refractivity contribution in [2.75, 3.05) is 0 Å². The van der Waals surface area contributed by atoms with Crippen LogP contribution in [0, 0.1) is 6.92 Å². The van der Waals surface area contributed by atoms with Gasteiger partial charge in [0.2, 0.25) is 5.91 Å². The predicted octanol–water partition coefficient (Wildman–Crippen LogP) is 1.26. The number of hydrogen-bond donors (Lipinski definition) is 2. The second-order valence-corrected chi connectivity index (χ2v) is 3.33. The molecular formula is C11H13NO3. The van der Waals surface area contributed by atoms with Crippen LogP contribution in [0.15, 0.2) is 24.3 Å². The van der Waals surface area contributed by atoms with Crippen LogP contribution in [0.25, 0.3) is 0 Å². The number of amides is 1. The van der Waals surface area contributed by atoms with E-state index in [-0.39, 0.29) is 5.91 Å². The molecule has 4 nitrogen and oxygen atoms in total. The van der Waals surface area contributed by atoms with Crippen LogP contribution in [0.4, 0.5) is 0 Å². The van der Waals surface area contributed by atoms with Crippen LogP contribution >= 0.6 is 0 Å². The molecule has 1 aromatic carbocycles. The number of aliphatic carboxylic acids is 1. The Labute approximate surface area is 87.9 Å². The van der Waals surface area contributed by atoms with Crippen LogP contribution in [-0.2, 0) is 9.59 Å². The zero-order chi connectivity index (χ0) is 11.4. The van der Waals surface area contributed by atoms with Gasteiger partial charge in [-0.3, -0.25) is 4.79 Å². The highest BCUT2D eigenvalue weighted by atomic mass is 16.4. The van der Waals surface area contributed by atoms with Gasteiger partial charge in [-0.05, 0) is 18.1 Å². The normalized spacial score (nSPS) is 11.9. The summed E-state index contributed by atoms with van der Waals surface area (Å²) < 4.78 is 0. The van der Waals surface area contributed by atoms with Gasteiger partial charge in [0.05, 0.1) is 0 Å². The Balaban J connectivity index is 3.04. The molecule has 80 valence electrons. The molecule has 0 bridgehead atoms. The third-order valence-electron chi connectivity index (χ3n) is 2.09. The molecule has 1 aromatic rings. The molecule has 1 unspecified atom stereocenters. The van der Waals surface area contributed by atoms with Crippen molar-refractivity contribution in [2.45, 2.75) is 19.9 Å². The lowest BCUT2D eigenvalue weighted by Gasteiger charge is -2.15. The van der Waals surface area contributed by atoms with Gasteiger partial charge in [0.15, 0.2) is 6.04 Å². The van der Waals surface area contributed by atoms with Crippen LogP contribution < -0.4 is 5.32 Å². The van der Waals surface area contributed by atoms with Crippen molar-refractivity contribution in [3.05, 3.63) is 35.4 Å². The number of benzene rings is 1. The average molecular weight is 207 g/mol. The molecule has 15 heavy (non-hydrogen) atoms. The largest absolute Gasteiger partial charge is 0.479 e. The Kier molecular flexibility index (Phi) is 3.44. The van der Waals surface area contributed by atoms with Crippen molar-refractivity contribution in [1.82, 2.24) is 5.32 Å². The lowest BCUT2D eigenvalue weighted by Crippen LogP contribution is -2.32. The molecule has 0 saturated heterocycles. The van der Waals surface area contributed by atoms with Crippen LogP contribution in [0.2, 0.25) is 0 Å². The van der Waals surface area contributed by atoms with Crippen molar-refractivity contribution in [3.63, 3.8) is 0 Å². The van der Waals surface area contributed by atoms with Gasteiger partial charge in [-0.2, -0.15) is 0 Å². The second-order valence-electron chi connectivity index (χ2n) is 3.33. The fraction of sp³-hybridized carbons (Fsp3) is 0.273. The molecule has 0 aliphatic carbocycles. The molecule has 0 aliphatic heterocycles. The molecule has 2 N–H and O–H groups in total. The van der Waals surface area contributed by atoms with E-state index < -0.39 is 12.0 Å². The Morgan fingerprint density at radius 1 is 1.33 bits per heavy atom. The molecule has 1 rings (SSSR count). The number of carbonyl (C=O) groups is 2. The summed E-state index contributed by atoms with van der Waals surface area (Å²) in [6, 6.07) is 6.12. The lowest BCUT2D eigenvalue weighted by atomic mass is 10.0. The summed E-state index contributed by atoms with van der Waals surface area (Å²) in [5.74, 6) is -1.41. The molecule has 0 heterocycles. The van der Waals surface area contributed by atoms with E-state index in [0.29, 0.717) is 5.56 Å². The smallest absolute Gasteiger partial charge is 0.330 e. The average Bonchev–Trinajstić information content (AvgIpc) is 2.15. The Hall–Kier alpha value is -1.84. The van der Waals surface area contributed by atoms with Crippen molar-refractivity contribution >= 4 is 11.9 Å². The molecular weight excluding hydrogens is 194 g/mol. The molecule has 0 radical (unpaired) electrons. The number of rotatable bonds is 3. The summed E-state index contributed by atoms with van der Waals surface area (Å²) in [5.41, 5.74) is 1.46. The highest BCUT2D eigenvalue weighted by Gasteiger charge is 2.21. The fourth-order valence-electron chi connectivity index (χ4n) is 1.39. The SMILES string of the molecule is CC(=O)NC(C(=O)O)c1ccccc1C. The Bertz CT molecular complexity index is 387. The van der Waals surface area contributed by atoms with E-state index in [4.69, 9.17) is 5.11 Å². The zero-order valence-corrected chi connectivity index (χ0v) is 8.65. The summed E-state index contributed by atoms with van der Waals surface area (Å²) in [6.07, 6.45) is 0. The third-order valence-corrected chi connectivity index (χ3v) is 2.09. The minimum absolute atomic E-state index is 0.356. The Morgan fingerprint density at radius 2 is 1.93 bits per heavy atom. The monoisotopic (exact) mass is 207 g/mol. The van der Waals surface area contributed by atoms with Gasteiger partial charge in [-0.25, -0.2) is 4.79 Å². The molecule has 1 atom stereocenters. The quantitative estimate of drug-likeness (QED) is 0.784. The van der Waals surface area contributed by atoms with E-state index in [0.717, 1.165) is 5.56 Å². The van der Waals surface area contributed by atoms with E-state index in [1.165, 1.54) is 6.92 Å². The molecule has 0 fully saturated rings. The maximum atomic E-state index is 11.0. The molecule has 0 aliphatic rings. The second kappa shape index (κ2) is 4.59. The predicted molar refractivity (Wildman–Crippen MR) is 55.4 cm³/mol. The van der Waals surface area contributed by atoms with Gasteiger partial charge in [-0.1, -0.05) is 24.3 Å². The lowest BCUT2D eigenvalue weighted by molar-refractivity contribution is -0.141. The van der Waals surface area contributed by atoms with Gasteiger partial charge in [0.1, 0.15) is 0 Å². The number of carboxylic acids is 1. The minimum Gasteiger partial charge on any atom is -0.479 e. The van der Waals surface area contributed by atoms with Crippen LogP contribution in [0.5, 0.6) is 0 Å². The molecule has 4 heteroatoms. The zero-order valence-electron chi connectivity index (χ0n) is 8.65. The number of hydrogen-bond acceptors (Lipinski definition) is 2. The summed E-state index contributed by atoms with van der Waals surface area (Å²) in [7, 11) is 0. The summed E-state index contributed by atoms with van der Waals surface area (Å²) in [6.45, 7) is 3.11. The number of carbonyl (C=O) groups excluding carboxylic acids is 1. The molecule has 0 saturated carbocycles. The van der Waals surface area contributed by atoms with E-state index in [1.807, 2.05) is 19.1 Å². The minimum atomic E-state index is -1.06. The van der Waals surface area contributed by atoms with Gasteiger partial charge in [0.25, 0.3) is 0 Å². The van der Waals surface area contributed by atoms with Crippen LogP contribution in [0.1, 0.15) is 24.1 Å². The van der Waals surface area contributed by atoms with Gasteiger partial charge in [0, 0.05) is 6.92 Å². The van der Waals surface area contributed by atoms with E-state index in [9.17, 15) is 9.59 Å². The van der Waals surface area contributed by atoms with E-state index in [1.54, 1.807) is 12.1 Å². The van der Waals surface area contributed by atoms with Crippen molar-refractivity contribution in [2.24, 2.45) is 0 Å². The number of aryl methyl sites for hydroxylation is 1. The maximum Gasteiger partial charge on any atom is 0.330 e. The fourth-order valence-corrected chi connectivity index (χ4v) is 1.39. The number of carboxylic acid groups (broad SMARTS) is 1. The van der Waals surface area contributed by atoms with Gasteiger partial charge < -0.3 is 10.4 Å². The van der Waals surface area contributed by atoms with Crippen molar-refractivity contribution in [3.8, 4) is 0 Å². The van der Waals surface area contributed by atoms with Crippen LogP contribution in [-0.4, -0.2) is 17.0 Å². The van der Waals surface area contributed by atoms with Crippen molar-refractivity contribution in [1.29, 1.82) is 0 Å². The van der Waals surface area contributed by atoms with Crippen LogP contribution in [0.3, 0.4) is 0 Å². The van der Waals surface area contributed by atoms with E-state index in [2.05, 4.69) is 5.32 Å².